The van der Waals surface area contributed by atoms with Crippen molar-refractivity contribution in [1.29, 1.82) is 0 Å². The van der Waals surface area contributed by atoms with Crippen molar-refractivity contribution in [2.75, 3.05) is 0 Å². The van der Waals surface area contributed by atoms with E-state index >= 15 is 0 Å². The summed E-state index contributed by atoms with van der Waals surface area (Å²) in [7, 11) is 0. The van der Waals surface area contributed by atoms with Gasteiger partial charge in [0.2, 0.25) is 6.43 Å². The number of nitrogens with zero attached hydrogens (tertiary/aromatic N) is 1. The molecule has 0 aliphatic rings. The quantitative estimate of drug-likeness (QED) is 0.830. The SMILES string of the molecule is NC(=O)c1ccnc2c(CC(F)F)c[nH]c12. The molecule has 0 saturated carbocycles. The fourth-order valence-electron chi connectivity index (χ4n) is 1.61. The van der Waals surface area contributed by atoms with E-state index in [1.54, 1.807) is 0 Å². The number of carbonyl (C=O) groups is 1. The van der Waals surface area contributed by atoms with Crippen molar-refractivity contribution >= 4 is 16.9 Å². The molecule has 3 N–H and O–H groups in total. The van der Waals surface area contributed by atoms with Gasteiger partial charge in [0, 0.05) is 24.4 Å². The third kappa shape index (κ3) is 1.73. The fourth-order valence-corrected chi connectivity index (χ4v) is 1.61. The van der Waals surface area contributed by atoms with Crippen LogP contribution in [0.2, 0.25) is 0 Å². The Bertz CT molecular complexity index is 536. The Hall–Kier alpha value is -1.98. The van der Waals surface area contributed by atoms with Crippen molar-refractivity contribution < 1.29 is 13.6 Å². The summed E-state index contributed by atoms with van der Waals surface area (Å²) in [4.78, 5) is 17.8. The van der Waals surface area contributed by atoms with Crippen LogP contribution >= 0.6 is 0 Å². The first-order chi connectivity index (χ1) is 7.59. The van der Waals surface area contributed by atoms with Gasteiger partial charge in [0.05, 0.1) is 16.6 Å². The molecule has 0 unspecified atom stereocenters. The summed E-state index contributed by atoms with van der Waals surface area (Å²) in [6.45, 7) is 0. The number of hydrogen-bond donors (Lipinski definition) is 2. The van der Waals surface area contributed by atoms with E-state index in [1.165, 1.54) is 18.5 Å². The Morgan fingerprint density at radius 1 is 1.56 bits per heavy atom. The lowest BCUT2D eigenvalue weighted by atomic mass is 10.1. The maximum Gasteiger partial charge on any atom is 0.250 e. The highest BCUT2D eigenvalue weighted by Gasteiger charge is 2.14. The Labute approximate surface area is 89.5 Å². The second kappa shape index (κ2) is 3.88. The van der Waals surface area contributed by atoms with E-state index in [1.807, 2.05) is 0 Å². The summed E-state index contributed by atoms with van der Waals surface area (Å²) < 4.78 is 24.5. The van der Waals surface area contributed by atoms with Crippen LogP contribution in [0.3, 0.4) is 0 Å². The lowest BCUT2D eigenvalue weighted by molar-refractivity contribution is 0.100. The highest BCUT2D eigenvalue weighted by Crippen LogP contribution is 2.21. The number of aromatic amines is 1. The second-order valence-electron chi connectivity index (χ2n) is 3.36. The molecule has 4 nitrogen and oxygen atoms in total. The molecule has 2 aromatic rings. The minimum absolute atomic E-state index is 0.255. The summed E-state index contributed by atoms with van der Waals surface area (Å²) in [6, 6.07) is 1.45. The number of nitrogens with two attached hydrogens (primary N) is 1. The minimum Gasteiger partial charge on any atom is -0.366 e. The number of H-pyrrole nitrogens is 1. The van der Waals surface area contributed by atoms with Crippen LogP contribution in [0.1, 0.15) is 15.9 Å². The van der Waals surface area contributed by atoms with Gasteiger partial charge in [-0.3, -0.25) is 9.78 Å². The molecule has 0 radical (unpaired) electrons. The van der Waals surface area contributed by atoms with Crippen LogP contribution < -0.4 is 5.73 Å². The molecular weight excluding hydrogens is 216 g/mol. The predicted octanol–water partition coefficient (Wildman–Crippen LogP) is 1.47. The zero-order valence-corrected chi connectivity index (χ0v) is 8.21. The second-order valence-corrected chi connectivity index (χ2v) is 3.36. The molecule has 2 aromatic heterocycles. The number of aromatic nitrogens is 2. The van der Waals surface area contributed by atoms with Gasteiger partial charge in [-0.1, -0.05) is 0 Å². The lowest BCUT2D eigenvalue weighted by Gasteiger charge is -1.99. The topological polar surface area (TPSA) is 71.8 Å². The fraction of sp³-hybridized carbons (Fsp3) is 0.200. The molecule has 2 heterocycles. The van der Waals surface area contributed by atoms with E-state index in [2.05, 4.69) is 9.97 Å². The number of fused-ring (bicyclic) bond motifs is 1. The maximum absolute atomic E-state index is 12.3. The summed E-state index contributed by atoms with van der Waals surface area (Å²) in [5, 5.41) is 0. The van der Waals surface area contributed by atoms with Crippen molar-refractivity contribution in [2.45, 2.75) is 12.8 Å². The van der Waals surface area contributed by atoms with Crippen molar-refractivity contribution in [2.24, 2.45) is 5.73 Å². The Kier molecular flexibility index (Phi) is 2.55. The van der Waals surface area contributed by atoms with Crippen molar-refractivity contribution in [3.05, 3.63) is 29.6 Å². The van der Waals surface area contributed by atoms with Crippen LogP contribution in [-0.4, -0.2) is 22.3 Å². The molecule has 0 bridgehead atoms. The predicted molar refractivity (Wildman–Crippen MR) is 54.3 cm³/mol. The first-order valence-corrected chi connectivity index (χ1v) is 4.62. The highest BCUT2D eigenvalue weighted by molar-refractivity contribution is 6.04. The molecule has 0 atom stereocenters. The third-order valence-corrected chi connectivity index (χ3v) is 2.29. The number of carbonyl (C=O) groups excluding carboxylic acids is 1. The first kappa shape index (κ1) is 10.5. The van der Waals surface area contributed by atoms with Crippen LogP contribution in [0.15, 0.2) is 18.5 Å². The molecule has 0 fully saturated rings. The summed E-state index contributed by atoms with van der Waals surface area (Å²) in [6.07, 6.45) is -0.0329. The number of halogens is 2. The Balaban J connectivity index is 2.57. The number of rotatable bonds is 3. The standard InChI is InChI=1S/C10H9F2N3O/c11-7(12)3-5-4-15-9-6(10(13)16)1-2-14-8(5)9/h1-2,4,7,15H,3H2,(H2,13,16). The zero-order chi connectivity index (χ0) is 11.7. The number of pyridine rings is 1. The number of nitrogens with one attached hydrogen (secondary N) is 1. The van der Waals surface area contributed by atoms with Crippen molar-refractivity contribution in [3.8, 4) is 0 Å². The van der Waals surface area contributed by atoms with Crippen LogP contribution in [0.25, 0.3) is 11.0 Å². The van der Waals surface area contributed by atoms with E-state index in [9.17, 15) is 13.6 Å². The average molecular weight is 225 g/mol. The number of alkyl halides is 2. The van der Waals surface area contributed by atoms with Crippen LogP contribution in [0.5, 0.6) is 0 Å². The molecule has 0 aromatic carbocycles. The lowest BCUT2D eigenvalue weighted by Crippen LogP contribution is -2.11. The summed E-state index contributed by atoms with van der Waals surface area (Å²) in [5.41, 5.74) is 6.57. The van der Waals surface area contributed by atoms with Gasteiger partial charge in [0.15, 0.2) is 0 Å². The van der Waals surface area contributed by atoms with Gasteiger partial charge in [0.25, 0.3) is 5.91 Å². The molecule has 0 aliphatic heterocycles. The minimum atomic E-state index is -2.45. The molecule has 0 aliphatic carbocycles. The smallest absolute Gasteiger partial charge is 0.250 e. The monoisotopic (exact) mass is 225 g/mol. The molecular formula is C10H9F2N3O. The molecule has 0 saturated heterocycles. The van der Waals surface area contributed by atoms with Gasteiger partial charge in [-0.2, -0.15) is 0 Å². The van der Waals surface area contributed by atoms with E-state index in [0.29, 0.717) is 16.6 Å². The maximum atomic E-state index is 12.3. The third-order valence-electron chi connectivity index (χ3n) is 2.29. The van der Waals surface area contributed by atoms with E-state index in [4.69, 9.17) is 5.73 Å². The number of primary amides is 1. The molecule has 6 heteroatoms. The molecule has 1 amide bonds. The molecule has 2 rings (SSSR count). The van der Waals surface area contributed by atoms with Gasteiger partial charge >= 0.3 is 0 Å². The van der Waals surface area contributed by atoms with Gasteiger partial charge < -0.3 is 10.7 Å². The Morgan fingerprint density at radius 2 is 2.31 bits per heavy atom. The first-order valence-electron chi connectivity index (χ1n) is 4.62. The van der Waals surface area contributed by atoms with Crippen LogP contribution in [0, 0.1) is 0 Å². The van der Waals surface area contributed by atoms with E-state index < -0.39 is 18.8 Å². The van der Waals surface area contributed by atoms with Crippen molar-refractivity contribution in [1.82, 2.24) is 9.97 Å². The zero-order valence-electron chi connectivity index (χ0n) is 8.21. The van der Waals surface area contributed by atoms with E-state index in [0.717, 1.165) is 0 Å². The molecule has 84 valence electrons. The highest BCUT2D eigenvalue weighted by atomic mass is 19.3. The van der Waals surface area contributed by atoms with Crippen LogP contribution in [-0.2, 0) is 6.42 Å². The summed E-state index contributed by atoms with van der Waals surface area (Å²) in [5.74, 6) is -0.613. The normalized spacial score (nSPS) is 11.2. The largest absolute Gasteiger partial charge is 0.366 e. The van der Waals surface area contributed by atoms with Gasteiger partial charge in [-0.25, -0.2) is 8.78 Å². The van der Waals surface area contributed by atoms with Crippen LogP contribution in [0.4, 0.5) is 8.78 Å². The van der Waals surface area contributed by atoms with Gasteiger partial charge in [0.1, 0.15) is 0 Å². The average Bonchev–Trinajstić information content (AvgIpc) is 2.60. The summed E-state index contributed by atoms with van der Waals surface area (Å²) >= 11 is 0. The Morgan fingerprint density at radius 3 is 2.94 bits per heavy atom. The van der Waals surface area contributed by atoms with Gasteiger partial charge in [-0.15, -0.1) is 0 Å². The molecule has 16 heavy (non-hydrogen) atoms. The van der Waals surface area contributed by atoms with Crippen molar-refractivity contribution in [3.63, 3.8) is 0 Å². The number of amides is 1. The van der Waals surface area contributed by atoms with E-state index in [-0.39, 0.29) is 5.56 Å². The number of hydrogen-bond acceptors (Lipinski definition) is 2. The molecule has 0 spiro atoms. The van der Waals surface area contributed by atoms with Gasteiger partial charge in [-0.05, 0) is 6.07 Å².